The van der Waals surface area contributed by atoms with Crippen LogP contribution in [0.2, 0.25) is 0 Å². The zero-order valence-electron chi connectivity index (χ0n) is 8.97. The van der Waals surface area contributed by atoms with E-state index in [2.05, 4.69) is 0 Å². The summed E-state index contributed by atoms with van der Waals surface area (Å²) in [6.45, 7) is 1.79. The Labute approximate surface area is 94.3 Å². The molecule has 0 aliphatic rings. The molecule has 0 aromatic heterocycles. The van der Waals surface area contributed by atoms with Gasteiger partial charge in [0, 0.05) is 5.56 Å². The largest absolute Gasteiger partial charge is 0.312 e. The molecule has 1 aromatic carbocycles. The molecule has 0 saturated heterocycles. The second-order valence-electron chi connectivity index (χ2n) is 3.34. The number of nitriles is 2. The van der Waals surface area contributed by atoms with Gasteiger partial charge in [-0.1, -0.05) is 17.7 Å². The highest BCUT2D eigenvalue weighted by Crippen LogP contribution is 2.06. The third kappa shape index (κ3) is 2.83. The van der Waals surface area contributed by atoms with Gasteiger partial charge in [0.2, 0.25) is 0 Å². The van der Waals surface area contributed by atoms with Crippen LogP contribution in [0, 0.1) is 29.6 Å². The number of rotatable bonds is 3. The van der Waals surface area contributed by atoms with E-state index in [-0.39, 0.29) is 19.0 Å². The quantitative estimate of drug-likeness (QED) is 0.714. The van der Waals surface area contributed by atoms with Gasteiger partial charge in [0.25, 0.3) is 5.91 Å². The van der Waals surface area contributed by atoms with Gasteiger partial charge < -0.3 is 4.90 Å². The maximum Gasteiger partial charge on any atom is 0.255 e. The van der Waals surface area contributed by atoms with E-state index in [0.29, 0.717) is 5.56 Å². The van der Waals surface area contributed by atoms with Crippen LogP contribution < -0.4 is 0 Å². The van der Waals surface area contributed by atoms with Crippen molar-refractivity contribution in [3.8, 4) is 12.1 Å². The van der Waals surface area contributed by atoms with Gasteiger partial charge in [-0.25, -0.2) is 0 Å². The predicted molar refractivity (Wildman–Crippen MR) is 58.3 cm³/mol. The third-order valence-corrected chi connectivity index (χ3v) is 2.11. The second-order valence-corrected chi connectivity index (χ2v) is 3.34. The number of aryl methyl sites for hydroxylation is 1. The molecular weight excluding hydrogens is 202 g/mol. The highest BCUT2D eigenvalue weighted by Gasteiger charge is 2.14. The lowest BCUT2D eigenvalue weighted by Gasteiger charge is -2.15. The van der Waals surface area contributed by atoms with Crippen molar-refractivity contribution in [2.24, 2.45) is 0 Å². The number of benzene rings is 1. The van der Waals surface area contributed by atoms with Crippen molar-refractivity contribution in [1.29, 1.82) is 10.5 Å². The van der Waals surface area contributed by atoms with Crippen molar-refractivity contribution in [1.82, 2.24) is 4.90 Å². The molecule has 0 saturated carbocycles. The molecule has 1 aromatic rings. The summed E-state index contributed by atoms with van der Waals surface area (Å²) in [6.07, 6.45) is 0. The van der Waals surface area contributed by atoms with E-state index in [1.807, 2.05) is 31.2 Å². The summed E-state index contributed by atoms with van der Waals surface area (Å²) in [5.74, 6) is -0.289. The molecule has 4 heteroatoms. The summed E-state index contributed by atoms with van der Waals surface area (Å²) in [6, 6.07) is 10.8. The number of carbonyl (C=O) groups is 1. The van der Waals surface area contributed by atoms with Crippen molar-refractivity contribution in [3.05, 3.63) is 35.4 Å². The lowest BCUT2D eigenvalue weighted by molar-refractivity contribution is 0.0794. The van der Waals surface area contributed by atoms with Crippen LogP contribution in [-0.2, 0) is 0 Å². The highest BCUT2D eigenvalue weighted by molar-refractivity contribution is 5.94. The molecule has 4 nitrogen and oxygen atoms in total. The fraction of sp³-hybridized carbons (Fsp3) is 0.250. The van der Waals surface area contributed by atoms with Crippen molar-refractivity contribution >= 4 is 5.91 Å². The van der Waals surface area contributed by atoms with Crippen LogP contribution in [0.3, 0.4) is 0 Å². The van der Waals surface area contributed by atoms with Gasteiger partial charge >= 0.3 is 0 Å². The molecule has 0 radical (unpaired) electrons. The minimum absolute atomic E-state index is 0.0692. The molecule has 0 aliphatic carbocycles. The molecule has 0 spiro atoms. The fourth-order valence-electron chi connectivity index (χ4n) is 1.25. The number of hydrogen-bond acceptors (Lipinski definition) is 3. The molecule has 16 heavy (non-hydrogen) atoms. The third-order valence-electron chi connectivity index (χ3n) is 2.11. The first-order chi connectivity index (χ1) is 7.69. The lowest BCUT2D eigenvalue weighted by atomic mass is 10.1. The van der Waals surface area contributed by atoms with Gasteiger partial charge in [-0.3, -0.25) is 4.79 Å². The van der Waals surface area contributed by atoms with Crippen LogP contribution in [0.1, 0.15) is 15.9 Å². The van der Waals surface area contributed by atoms with Crippen LogP contribution >= 0.6 is 0 Å². The first-order valence-electron chi connectivity index (χ1n) is 4.79. The molecule has 1 amide bonds. The molecule has 0 atom stereocenters. The van der Waals surface area contributed by atoms with E-state index in [9.17, 15) is 4.79 Å². The molecule has 0 heterocycles. The minimum atomic E-state index is -0.289. The Morgan fingerprint density at radius 2 is 1.69 bits per heavy atom. The number of nitrogens with zero attached hydrogens (tertiary/aromatic N) is 3. The van der Waals surface area contributed by atoms with E-state index >= 15 is 0 Å². The summed E-state index contributed by atoms with van der Waals surface area (Å²) in [7, 11) is 0. The topological polar surface area (TPSA) is 67.9 Å². The Kier molecular flexibility index (Phi) is 4.06. The van der Waals surface area contributed by atoms with Gasteiger partial charge in [0.05, 0.1) is 12.1 Å². The highest BCUT2D eigenvalue weighted by atomic mass is 16.2. The summed E-state index contributed by atoms with van der Waals surface area (Å²) < 4.78 is 0. The maximum absolute atomic E-state index is 11.9. The molecular formula is C12H11N3O. The standard InChI is InChI=1S/C12H11N3O/c1-10-2-4-11(5-3-10)12(16)15(8-6-13)9-7-14/h2-5H,8-9H2,1H3. The van der Waals surface area contributed by atoms with Crippen molar-refractivity contribution < 1.29 is 4.79 Å². The van der Waals surface area contributed by atoms with E-state index in [1.54, 1.807) is 12.1 Å². The van der Waals surface area contributed by atoms with Gasteiger partial charge in [-0.2, -0.15) is 10.5 Å². The molecule has 1 rings (SSSR count). The van der Waals surface area contributed by atoms with E-state index in [0.717, 1.165) is 5.56 Å². The van der Waals surface area contributed by atoms with Gasteiger partial charge in [-0.05, 0) is 19.1 Å². The van der Waals surface area contributed by atoms with Crippen molar-refractivity contribution in [2.75, 3.05) is 13.1 Å². The second kappa shape index (κ2) is 5.53. The van der Waals surface area contributed by atoms with Crippen molar-refractivity contribution in [2.45, 2.75) is 6.92 Å². The van der Waals surface area contributed by atoms with Crippen LogP contribution in [0.4, 0.5) is 0 Å². The van der Waals surface area contributed by atoms with Gasteiger partial charge in [-0.15, -0.1) is 0 Å². The molecule has 0 fully saturated rings. The normalized spacial score (nSPS) is 8.94. The molecule has 0 unspecified atom stereocenters. The van der Waals surface area contributed by atoms with E-state index in [4.69, 9.17) is 10.5 Å². The average molecular weight is 213 g/mol. The van der Waals surface area contributed by atoms with Crippen molar-refractivity contribution in [3.63, 3.8) is 0 Å². The molecule has 0 bridgehead atoms. The number of amides is 1. The minimum Gasteiger partial charge on any atom is -0.312 e. The smallest absolute Gasteiger partial charge is 0.255 e. The van der Waals surface area contributed by atoms with E-state index in [1.165, 1.54) is 4.90 Å². The Morgan fingerprint density at radius 1 is 1.19 bits per heavy atom. The Morgan fingerprint density at radius 3 is 2.12 bits per heavy atom. The zero-order chi connectivity index (χ0) is 12.0. The van der Waals surface area contributed by atoms with Crippen LogP contribution in [0.25, 0.3) is 0 Å². The average Bonchev–Trinajstić information content (AvgIpc) is 2.29. The summed E-state index contributed by atoms with van der Waals surface area (Å²) in [4.78, 5) is 13.1. The summed E-state index contributed by atoms with van der Waals surface area (Å²) in [5.41, 5.74) is 1.56. The summed E-state index contributed by atoms with van der Waals surface area (Å²) in [5, 5.41) is 17.1. The first kappa shape index (κ1) is 11.7. The van der Waals surface area contributed by atoms with Gasteiger partial charge in [0.1, 0.15) is 13.1 Å². The Hall–Kier alpha value is -2.33. The fourth-order valence-corrected chi connectivity index (χ4v) is 1.25. The zero-order valence-corrected chi connectivity index (χ0v) is 8.97. The Balaban J connectivity index is 2.87. The lowest BCUT2D eigenvalue weighted by Crippen LogP contribution is -2.31. The van der Waals surface area contributed by atoms with Crippen LogP contribution in [0.15, 0.2) is 24.3 Å². The first-order valence-corrected chi connectivity index (χ1v) is 4.79. The predicted octanol–water partition coefficient (Wildman–Crippen LogP) is 1.48. The van der Waals surface area contributed by atoms with Crippen LogP contribution in [-0.4, -0.2) is 23.9 Å². The molecule has 80 valence electrons. The van der Waals surface area contributed by atoms with E-state index < -0.39 is 0 Å². The molecule has 0 N–H and O–H groups in total. The molecule has 0 aliphatic heterocycles. The monoisotopic (exact) mass is 213 g/mol. The maximum atomic E-state index is 11.9. The SMILES string of the molecule is Cc1ccc(C(=O)N(CC#N)CC#N)cc1. The number of carbonyl (C=O) groups excluding carboxylic acids is 1. The number of hydrogen-bond donors (Lipinski definition) is 0. The van der Waals surface area contributed by atoms with Gasteiger partial charge in [0.15, 0.2) is 0 Å². The summed E-state index contributed by atoms with van der Waals surface area (Å²) >= 11 is 0. The Bertz CT molecular complexity index is 435. The van der Waals surface area contributed by atoms with Crippen LogP contribution in [0.5, 0.6) is 0 Å².